The molecule has 0 saturated heterocycles. The molecule has 0 N–H and O–H groups in total. The van der Waals surface area contributed by atoms with Gasteiger partial charge in [0, 0.05) is 35.7 Å². The Morgan fingerprint density at radius 1 is 0.605 bits per heavy atom. The van der Waals surface area contributed by atoms with Crippen molar-refractivity contribution >= 4 is 5.97 Å². The molecule has 0 spiro atoms. The van der Waals surface area contributed by atoms with Crippen molar-refractivity contribution in [2.24, 2.45) is 0 Å². The molecule has 0 unspecified atom stereocenters. The van der Waals surface area contributed by atoms with E-state index in [2.05, 4.69) is 0 Å². The van der Waals surface area contributed by atoms with Crippen LogP contribution >= 0.6 is 0 Å². The van der Waals surface area contributed by atoms with E-state index in [1.165, 1.54) is 6.92 Å². The smallest absolute Gasteiger partial charge is 0.303 e. The average Bonchev–Trinajstić information content (AvgIpc) is 3.38. The largest absolute Gasteiger partial charge is 0.497 e. The monoisotopic (exact) mass is 582 g/mol. The lowest BCUT2D eigenvalue weighted by Gasteiger charge is -2.30. The fraction of sp³-hybridized carbons (Fsp3) is 0.286. The van der Waals surface area contributed by atoms with E-state index < -0.39 is 24.1 Å². The summed E-state index contributed by atoms with van der Waals surface area (Å²) in [4.78, 5) is 12.8. The normalized spacial score (nSPS) is 19.7. The molecule has 4 atom stereocenters. The Bertz CT molecular complexity index is 1640. The van der Waals surface area contributed by atoms with Gasteiger partial charge in [-0.25, -0.2) is 0 Å². The van der Waals surface area contributed by atoms with Crippen LogP contribution < -0.4 is 28.4 Å². The molecule has 2 aliphatic rings. The van der Waals surface area contributed by atoms with Crippen molar-refractivity contribution < 1.29 is 38.0 Å². The van der Waals surface area contributed by atoms with Crippen LogP contribution in [0.25, 0.3) is 0 Å². The van der Waals surface area contributed by atoms with Crippen LogP contribution in [0.4, 0.5) is 0 Å². The van der Waals surface area contributed by atoms with Gasteiger partial charge in [0.05, 0.1) is 47.4 Å². The number of rotatable bonds is 8. The van der Waals surface area contributed by atoms with Gasteiger partial charge in [-0.15, -0.1) is 0 Å². The van der Waals surface area contributed by atoms with Gasteiger partial charge in [0.2, 0.25) is 0 Å². The number of carbonyl (C=O) groups is 1. The molecule has 1 aliphatic heterocycles. The SMILES string of the molecule is COc1ccc([C@H]2c3c(OC)cc(OC)cc3[C@@H]3c4c(cc(OC)cc4[C@@H]2OC(C)=O)O[C@H]3c2ccc(OC)cc2)cc1. The number of fused-ring (bicyclic) bond motifs is 2. The quantitative estimate of drug-likeness (QED) is 0.211. The lowest BCUT2D eigenvalue weighted by Crippen LogP contribution is -2.20. The Kier molecular flexibility index (Phi) is 7.52. The molecule has 0 saturated carbocycles. The van der Waals surface area contributed by atoms with Gasteiger partial charge in [0.15, 0.2) is 0 Å². The highest BCUT2D eigenvalue weighted by atomic mass is 16.5. The number of hydrogen-bond donors (Lipinski definition) is 0. The van der Waals surface area contributed by atoms with Crippen LogP contribution in [-0.2, 0) is 9.53 Å². The highest BCUT2D eigenvalue weighted by molar-refractivity contribution is 5.69. The Balaban J connectivity index is 1.71. The predicted octanol–water partition coefficient (Wildman–Crippen LogP) is 6.74. The van der Waals surface area contributed by atoms with Crippen LogP contribution in [0.1, 0.15) is 64.3 Å². The Morgan fingerprint density at radius 2 is 1.16 bits per heavy atom. The molecule has 0 bridgehead atoms. The second-order valence-corrected chi connectivity index (χ2v) is 10.5. The van der Waals surface area contributed by atoms with E-state index in [0.29, 0.717) is 23.0 Å². The van der Waals surface area contributed by atoms with Gasteiger partial charge >= 0.3 is 5.97 Å². The molecule has 8 heteroatoms. The molecule has 0 radical (unpaired) electrons. The van der Waals surface area contributed by atoms with Crippen LogP contribution in [0.5, 0.6) is 34.5 Å². The molecule has 0 aromatic heterocycles. The summed E-state index contributed by atoms with van der Waals surface area (Å²) in [7, 11) is 8.16. The van der Waals surface area contributed by atoms with E-state index in [0.717, 1.165) is 44.9 Å². The Hall–Kier alpha value is -4.85. The van der Waals surface area contributed by atoms with Crippen LogP contribution in [0, 0.1) is 0 Å². The first-order valence-electron chi connectivity index (χ1n) is 14.0. The molecule has 1 aliphatic carbocycles. The Labute approximate surface area is 251 Å². The molecule has 4 aromatic rings. The average molecular weight is 583 g/mol. The van der Waals surface area contributed by atoms with Crippen molar-refractivity contribution in [3.63, 3.8) is 0 Å². The number of esters is 1. The van der Waals surface area contributed by atoms with Crippen molar-refractivity contribution in [1.82, 2.24) is 0 Å². The van der Waals surface area contributed by atoms with Gasteiger partial charge in [0.25, 0.3) is 0 Å². The molecule has 8 nitrogen and oxygen atoms in total. The summed E-state index contributed by atoms with van der Waals surface area (Å²) >= 11 is 0. The van der Waals surface area contributed by atoms with Crippen molar-refractivity contribution in [1.29, 1.82) is 0 Å². The van der Waals surface area contributed by atoms with Gasteiger partial charge in [0.1, 0.15) is 46.7 Å². The fourth-order valence-electron chi connectivity index (χ4n) is 6.43. The third-order valence-electron chi connectivity index (χ3n) is 8.32. The van der Waals surface area contributed by atoms with Crippen LogP contribution in [-0.4, -0.2) is 41.5 Å². The summed E-state index contributed by atoms with van der Waals surface area (Å²) < 4.78 is 41.5. The van der Waals surface area contributed by atoms with E-state index >= 15 is 0 Å². The van der Waals surface area contributed by atoms with Gasteiger partial charge in [-0.1, -0.05) is 24.3 Å². The van der Waals surface area contributed by atoms with Crippen molar-refractivity contribution in [2.75, 3.05) is 35.5 Å². The molecule has 43 heavy (non-hydrogen) atoms. The molecule has 1 heterocycles. The highest BCUT2D eigenvalue weighted by Gasteiger charge is 2.48. The first kappa shape index (κ1) is 28.3. The lowest BCUT2D eigenvalue weighted by atomic mass is 9.80. The zero-order valence-corrected chi connectivity index (χ0v) is 25.0. The van der Waals surface area contributed by atoms with Gasteiger partial charge < -0.3 is 33.2 Å². The predicted molar refractivity (Wildman–Crippen MR) is 160 cm³/mol. The minimum Gasteiger partial charge on any atom is -0.497 e. The van der Waals surface area contributed by atoms with E-state index in [9.17, 15) is 4.79 Å². The number of methoxy groups -OCH3 is 5. The van der Waals surface area contributed by atoms with E-state index in [-0.39, 0.29) is 5.92 Å². The maximum absolute atomic E-state index is 12.8. The summed E-state index contributed by atoms with van der Waals surface area (Å²) in [5.74, 6) is 2.87. The van der Waals surface area contributed by atoms with Gasteiger partial charge in [-0.3, -0.25) is 4.79 Å². The first-order chi connectivity index (χ1) is 20.9. The molecular weight excluding hydrogens is 548 g/mol. The van der Waals surface area contributed by atoms with Crippen molar-refractivity contribution in [3.8, 4) is 34.5 Å². The summed E-state index contributed by atoms with van der Waals surface area (Å²) in [6.45, 7) is 1.43. The number of ether oxygens (including phenoxy) is 7. The summed E-state index contributed by atoms with van der Waals surface area (Å²) in [5, 5.41) is 0. The zero-order valence-electron chi connectivity index (χ0n) is 25.0. The van der Waals surface area contributed by atoms with Gasteiger partial charge in [-0.2, -0.15) is 0 Å². The summed E-state index contributed by atoms with van der Waals surface area (Å²) in [6, 6.07) is 23.4. The summed E-state index contributed by atoms with van der Waals surface area (Å²) in [5.41, 5.74) is 5.47. The zero-order chi connectivity index (χ0) is 30.2. The van der Waals surface area contributed by atoms with E-state index in [1.54, 1.807) is 35.5 Å². The van der Waals surface area contributed by atoms with Crippen LogP contribution in [0.15, 0.2) is 72.8 Å². The lowest BCUT2D eigenvalue weighted by molar-refractivity contribution is -0.147. The molecule has 6 rings (SSSR count). The molecule has 222 valence electrons. The molecule has 0 amide bonds. The van der Waals surface area contributed by atoms with Crippen LogP contribution in [0.3, 0.4) is 0 Å². The number of carbonyl (C=O) groups excluding carboxylic acids is 1. The standard InChI is InChI=1S/C35H34O8/c1-19(36)42-35-27-16-25(40-5)18-29-32(27)33(34(43-29)21-9-13-23(38-3)14-10-21)26-15-24(39-4)17-28(41-6)31(26)30(35)20-7-11-22(37-2)12-8-20/h7-18,30,33-35H,1-6H3/t30-,33+,34-,35-/m0/s1. The second-order valence-electron chi connectivity index (χ2n) is 10.5. The summed E-state index contributed by atoms with van der Waals surface area (Å²) in [6.07, 6.45) is -1.13. The van der Waals surface area contributed by atoms with E-state index in [4.69, 9.17) is 33.2 Å². The molecule has 4 aromatic carbocycles. The Morgan fingerprint density at radius 3 is 1.72 bits per heavy atom. The van der Waals surface area contributed by atoms with E-state index in [1.807, 2.05) is 72.8 Å². The third kappa shape index (κ3) is 4.86. The maximum Gasteiger partial charge on any atom is 0.303 e. The van der Waals surface area contributed by atoms with Crippen molar-refractivity contribution in [2.45, 2.75) is 31.0 Å². The van der Waals surface area contributed by atoms with Gasteiger partial charge in [-0.05, 0) is 53.1 Å². The highest BCUT2D eigenvalue weighted by Crippen LogP contribution is 2.61. The molecular formula is C35H34O8. The minimum atomic E-state index is -0.723. The minimum absolute atomic E-state index is 0.287. The second kappa shape index (κ2) is 11.4. The molecule has 0 fully saturated rings. The fourth-order valence-corrected chi connectivity index (χ4v) is 6.43. The number of benzene rings is 4. The topological polar surface area (TPSA) is 81.7 Å². The third-order valence-corrected chi connectivity index (χ3v) is 8.32. The van der Waals surface area contributed by atoms with Crippen molar-refractivity contribution in [3.05, 3.63) is 106 Å². The maximum atomic E-state index is 12.8. The van der Waals surface area contributed by atoms with Crippen LogP contribution in [0.2, 0.25) is 0 Å². The number of hydrogen-bond acceptors (Lipinski definition) is 8. The first-order valence-corrected chi connectivity index (χ1v) is 14.0.